The molecule has 108 valence electrons. The molecule has 0 atom stereocenters. The van der Waals surface area contributed by atoms with Crippen molar-refractivity contribution >= 4 is 39.3 Å². The second-order valence-corrected chi connectivity index (χ2v) is 6.56. The van der Waals surface area contributed by atoms with Gasteiger partial charge in [0, 0.05) is 23.0 Å². The van der Waals surface area contributed by atoms with Crippen molar-refractivity contribution in [3.8, 4) is 0 Å². The molecule has 3 heterocycles. The third kappa shape index (κ3) is 3.16. The van der Waals surface area contributed by atoms with Gasteiger partial charge in [-0.2, -0.15) is 0 Å². The van der Waals surface area contributed by atoms with Gasteiger partial charge < -0.3 is 5.32 Å². The van der Waals surface area contributed by atoms with E-state index in [0.717, 1.165) is 33.2 Å². The zero-order valence-electron chi connectivity index (χ0n) is 12.0. The lowest BCUT2D eigenvalue weighted by Gasteiger charge is -2.05. The first-order valence-electron chi connectivity index (χ1n) is 6.93. The highest BCUT2D eigenvalue weighted by Crippen LogP contribution is 2.35. The van der Waals surface area contributed by atoms with E-state index >= 15 is 0 Å². The lowest BCUT2D eigenvalue weighted by Crippen LogP contribution is -2.02. The van der Waals surface area contributed by atoms with Crippen LogP contribution in [0.5, 0.6) is 0 Å². The topological polar surface area (TPSA) is 50.7 Å². The monoisotopic (exact) mass is 316 g/mol. The van der Waals surface area contributed by atoms with Gasteiger partial charge in [0.25, 0.3) is 0 Å². The number of anilines is 1. The first kappa shape index (κ1) is 14.3. The minimum Gasteiger partial charge on any atom is -0.354 e. The van der Waals surface area contributed by atoms with Crippen LogP contribution in [0.25, 0.3) is 10.2 Å². The van der Waals surface area contributed by atoms with Crippen LogP contribution in [0, 0.1) is 0 Å². The van der Waals surface area contributed by atoms with Gasteiger partial charge in [-0.05, 0) is 43.3 Å². The molecule has 0 aromatic carbocycles. The number of pyridine rings is 1. The summed E-state index contributed by atoms with van der Waals surface area (Å²) in [6.07, 6.45) is 2.82. The van der Waals surface area contributed by atoms with Crippen molar-refractivity contribution in [2.45, 2.75) is 30.3 Å². The summed E-state index contributed by atoms with van der Waals surface area (Å²) in [7, 11) is 0. The van der Waals surface area contributed by atoms with E-state index in [9.17, 15) is 0 Å². The molecule has 0 fully saturated rings. The Morgan fingerprint density at radius 3 is 2.86 bits per heavy atom. The van der Waals surface area contributed by atoms with E-state index in [1.807, 2.05) is 25.1 Å². The van der Waals surface area contributed by atoms with E-state index < -0.39 is 0 Å². The lowest BCUT2D eigenvalue weighted by molar-refractivity contribution is 1.05. The summed E-state index contributed by atoms with van der Waals surface area (Å²) >= 11 is 3.32. The predicted molar refractivity (Wildman–Crippen MR) is 89.3 cm³/mol. The molecule has 0 saturated heterocycles. The quantitative estimate of drug-likeness (QED) is 0.714. The summed E-state index contributed by atoms with van der Waals surface area (Å²) in [6, 6.07) is 8.10. The Morgan fingerprint density at radius 1 is 1.24 bits per heavy atom. The normalized spacial score (nSPS) is 11.0. The van der Waals surface area contributed by atoms with Gasteiger partial charge in [-0.25, -0.2) is 15.0 Å². The standard InChI is InChI=1S/C15H16N4S2/c1-3-10-9-11-13(20-10)18-15(16-4-2)19-14(11)21-12-7-5-6-8-17-12/h5-9H,3-4H2,1-2H3,(H,16,18,19). The van der Waals surface area contributed by atoms with Crippen LogP contribution in [-0.2, 0) is 6.42 Å². The number of rotatable bonds is 5. The third-order valence-corrected chi connectivity index (χ3v) is 5.06. The van der Waals surface area contributed by atoms with Gasteiger partial charge in [-0.3, -0.25) is 0 Å². The number of nitrogens with zero attached hydrogens (tertiary/aromatic N) is 3. The van der Waals surface area contributed by atoms with Crippen LogP contribution in [0.15, 0.2) is 40.5 Å². The van der Waals surface area contributed by atoms with E-state index in [1.54, 1.807) is 29.3 Å². The predicted octanol–water partition coefficient (Wildman–Crippen LogP) is 4.23. The van der Waals surface area contributed by atoms with Crippen LogP contribution >= 0.6 is 23.1 Å². The summed E-state index contributed by atoms with van der Waals surface area (Å²) in [6.45, 7) is 5.02. The van der Waals surface area contributed by atoms with E-state index in [-0.39, 0.29) is 0 Å². The summed E-state index contributed by atoms with van der Waals surface area (Å²) in [5, 5.41) is 6.24. The van der Waals surface area contributed by atoms with E-state index in [4.69, 9.17) is 0 Å². The Balaban J connectivity index is 2.07. The van der Waals surface area contributed by atoms with Gasteiger partial charge in [0.05, 0.1) is 0 Å². The molecule has 21 heavy (non-hydrogen) atoms. The van der Waals surface area contributed by atoms with E-state index in [1.165, 1.54) is 4.88 Å². The molecular weight excluding hydrogens is 300 g/mol. The molecule has 1 N–H and O–H groups in total. The molecule has 6 heteroatoms. The average molecular weight is 316 g/mol. The average Bonchev–Trinajstić information content (AvgIpc) is 2.92. The Labute approximate surface area is 132 Å². The molecule has 3 rings (SSSR count). The maximum atomic E-state index is 4.64. The maximum absolute atomic E-state index is 4.64. The van der Waals surface area contributed by atoms with Gasteiger partial charge >= 0.3 is 0 Å². The number of hydrogen-bond acceptors (Lipinski definition) is 6. The molecule has 0 unspecified atom stereocenters. The minimum atomic E-state index is 0.688. The molecule has 4 nitrogen and oxygen atoms in total. The number of hydrogen-bond donors (Lipinski definition) is 1. The Hall–Kier alpha value is -1.66. The Morgan fingerprint density at radius 2 is 2.14 bits per heavy atom. The smallest absolute Gasteiger partial charge is 0.225 e. The fourth-order valence-electron chi connectivity index (χ4n) is 1.94. The molecule has 0 aliphatic heterocycles. The molecule has 0 aliphatic rings. The minimum absolute atomic E-state index is 0.688. The number of aryl methyl sites for hydroxylation is 1. The van der Waals surface area contributed by atoms with Crippen LogP contribution in [0.2, 0.25) is 0 Å². The highest BCUT2D eigenvalue weighted by Gasteiger charge is 2.12. The Kier molecular flexibility index (Phi) is 4.36. The van der Waals surface area contributed by atoms with Crippen molar-refractivity contribution in [1.82, 2.24) is 15.0 Å². The molecule has 0 spiro atoms. The molecule has 0 amide bonds. The van der Waals surface area contributed by atoms with Crippen LogP contribution in [0.4, 0.5) is 5.95 Å². The summed E-state index contributed by atoms with van der Waals surface area (Å²) in [4.78, 5) is 16.0. The number of nitrogens with one attached hydrogen (secondary N) is 1. The van der Waals surface area contributed by atoms with Crippen LogP contribution in [0.1, 0.15) is 18.7 Å². The molecule has 3 aromatic rings. The molecular formula is C15H16N4S2. The Bertz CT molecular complexity index is 740. The van der Waals surface area contributed by atoms with Crippen molar-refractivity contribution < 1.29 is 0 Å². The molecule has 0 saturated carbocycles. The number of aromatic nitrogens is 3. The van der Waals surface area contributed by atoms with Crippen LogP contribution in [0.3, 0.4) is 0 Å². The van der Waals surface area contributed by atoms with Crippen molar-refractivity contribution in [3.63, 3.8) is 0 Å². The zero-order chi connectivity index (χ0) is 14.7. The maximum Gasteiger partial charge on any atom is 0.225 e. The number of thiophene rings is 1. The third-order valence-electron chi connectivity index (χ3n) is 2.93. The van der Waals surface area contributed by atoms with Gasteiger partial charge in [0.1, 0.15) is 14.9 Å². The SMILES string of the molecule is CCNc1nc(Sc2ccccn2)c2cc(CC)sc2n1. The van der Waals surface area contributed by atoms with Crippen LogP contribution in [-0.4, -0.2) is 21.5 Å². The van der Waals surface area contributed by atoms with Gasteiger partial charge in [-0.1, -0.05) is 13.0 Å². The fraction of sp³-hybridized carbons (Fsp3) is 0.267. The van der Waals surface area contributed by atoms with Gasteiger partial charge in [-0.15, -0.1) is 11.3 Å². The number of fused-ring (bicyclic) bond motifs is 1. The highest BCUT2D eigenvalue weighted by atomic mass is 32.2. The fourth-order valence-corrected chi connectivity index (χ4v) is 3.83. The lowest BCUT2D eigenvalue weighted by atomic mass is 10.3. The summed E-state index contributed by atoms with van der Waals surface area (Å²) < 4.78 is 0. The second-order valence-electron chi connectivity index (χ2n) is 4.44. The summed E-state index contributed by atoms with van der Waals surface area (Å²) in [5.41, 5.74) is 0. The van der Waals surface area contributed by atoms with Crippen molar-refractivity contribution in [2.24, 2.45) is 0 Å². The van der Waals surface area contributed by atoms with E-state index in [2.05, 4.69) is 33.3 Å². The van der Waals surface area contributed by atoms with Gasteiger partial charge in [0.15, 0.2) is 0 Å². The van der Waals surface area contributed by atoms with E-state index in [0.29, 0.717) is 5.95 Å². The molecule has 0 radical (unpaired) electrons. The van der Waals surface area contributed by atoms with Gasteiger partial charge in [0.2, 0.25) is 5.95 Å². The highest BCUT2D eigenvalue weighted by molar-refractivity contribution is 7.99. The summed E-state index contributed by atoms with van der Waals surface area (Å²) in [5.74, 6) is 0.688. The second kappa shape index (κ2) is 6.41. The first-order chi connectivity index (χ1) is 10.3. The molecule has 3 aromatic heterocycles. The molecule has 0 bridgehead atoms. The van der Waals surface area contributed by atoms with Crippen LogP contribution < -0.4 is 5.32 Å². The molecule has 0 aliphatic carbocycles. The largest absolute Gasteiger partial charge is 0.354 e. The van der Waals surface area contributed by atoms with Crippen molar-refractivity contribution in [1.29, 1.82) is 0 Å². The zero-order valence-corrected chi connectivity index (χ0v) is 13.6. The first-order valence-corrected chi connectivity index (χ1v) is 8.56. The van der Waals surface area contributed by atoms with Crippen molar-refractivity contribution in [2.75, 3.05) is 11.9 Å². The van der Waals surface area contributed by atoms with Crippen molar-refractivity contribution in [3.05, 3.63) is 35.3 Å².